The van der Waals surface area contributed by atoms with E-state index in [1.807, 2.05) is 4.68 Å². The van der Waals surface area contributed by atoms with Crippen LogP contribution in [0.15, 0.2) is 12.7 Å². The molecule has 0 aromatic carbocycles. The van der Waals surface area contributed by atoms with E-state index < -0.39 is 0 Å². The molecule has 15 heavy (non-hydrogen) atoms. The van der Waals surface area contributed by atoms with Gasteiger partial charge in [-0.1, -0.05) is 13.3 Å². The molecular weight excluding hydrogens is 188 g/mol. The monoisotopic (exact) mass is 210 g/mol. The molecule has 1 unspecified atom stereocenters. The smallest absolute Gasteiger partial charge is 0.137 e. The quantitative estimate of drug-likeness (QED) is 0.808. The Morgan fingerprint density at radius 3 is 2.60 bits per heavy atom. The van der Waals surface area contributed by atoms with Crippen molar-refractivity contribution in [3.8, 4) is 0 Å². The minimum absolute atomic E-state index is 0.159. The fourth-order valence-electron chi connectivity index (χ4n) is 1.49. The van der Waals surface area contributed by atoms with Crippen molar-refractivity contribution in [1.82, 2.24) is 20.1 Å². The minimum atomic E-state index is 0.159. The van der Waals surface area contributed by atoms with E-state index in [-0.39, 0.29) is 5.54 Å². The molecule has 0 radical (unpaired) electrons. The first-order chi connectivity index (χ1) is 7.03. The van der Waals surface area contributed by atoms with Crippen LogP contribution in [0.5, 0.6) is 0 Å². The summed E-state index contributed by atoms with van der Waals surface area (Å²) in [6.07, 6.45) is 5.69. The van der Waals surface area contributed by atoms with Gasteiger partial charge in [0, 0.05) is 12.1 Å². The zero-order valence-electron chi connectivity index (χ0n) is 10.2. The molecule has 4 heteroatoms. The van der Waals surface area contributed by atoms with Crippen molar-refractivity contribution in [2.75, 3.05) is 6.54 Å². The Bertz CT molecular complexity index is 261. The number of hydrogen-bond acceptors (Lipinski definition) is 3. The second-order valence-electron chi connectivity index (χ2n) is 4.95. The fourth-order valence-corrected chi connectivity index (χ4v) is 1.49. The van der Waals surface area contributed by atoms with Crippen LogP contribution in [-0.4, -0.2) is 26.8 Å². The van der Waals surface area contributed by atoms with Gasteiger partial charge in [-0.2, -0.15) is 5.10 Å². The summed E-state index contributed by atoms with van der Waals surface area (Å²) < 4.78 is 1.95. The molecule has 86 valence electrons. The van der Waals surface area contributed by atoms with Crippen LogP contribution in [0.2, 0.25) is 0 Å². The lowest BCUT2D eigenvalue weighted by atomic mass is 10.1. The van der Waals surface area contributed by atoms with Gasteiger partial charge in [0.2, 0.25) is 0 Å². The van der Waals surface area contributed by atoms with Crippen molar-refractivity contribution in [3.63, 3.8) is 0 Å². The first-order valence-corrected chi connectivity index (χ1v) is 5.62. The first-order valence-electron chi connectivity index (χ1n) is 5.62. The summed E-state index contributed by atoms with van der Waals surface area (Å²) in [5.41, 5.74) is 0.159. The molecule has 0 saturated carbocycles. The Hall–Kier alpha value is -0.900. The molecule has 4 nitrogen and oxygen atoms in total. The van der Waals surface area contributed by atoms with Gasteiger partial charge in [0.1, 0.15) is 12.7 Å². The topological polar surface area (TPSA) is 42.7 Å². The second-order valence-corrected chi connectivity index (χ2v) is 4.95. The highest BCUT2D eigenvalue weighted by Gasteiger charge is 2.15. The van der Waals surface area contributed by atoms with Gasteiger partial charge in [-0.15, -0.1) is 0 Å². The Morgan fingerprint density at radius 2 is 2.13 bits per heavy atom. The molecular formula is C11H22N4. The van der Waals surface area contributed by atoms with Crippen LogP contribution >= 0.6 is 0 Å². The van der Waals surface area contributed by atoms with E-state index in [1.54, 1.807) is 12.7 Å². The summed E-state index contributed by atoms with van der Waals surface area (Å²) in [5, 5.41) is 7.71. The number of nitrogens with one attached hydrogen (secondary N) is 1. The summed E-state index contributed by atoms with van der Waals surface area (Å²) in [7, 11) is 0. The largest absolute Gasteiger partial charge is 0.310 e. The van der Waals surface area contributed by atoms with E-state index in [9.17, 15) is 0 Å². The fraction of sp³-hybridized carbons (Fsp3) is 0.818. The van der Waals surface area contributed by atoms with Gasteiger partial charge in [0.25, 0.3) is 0 Å². The van der Waals surface area contributed by atoms with Crippen LogP contribution in [-0.2, 0) is 0 Å². The van der Waals surface area contributed by atoms with Gasteiger partial charge in [-0.05, 0) is 27.2 Å². The van der Waals surface area contributed by atoms with Gasteiger partial charge in [0.05, 0.1) is 6.04 Å². The van der Waals surface area contributed by atoms with E-state index in [2.05, 4.69) is 43.1 Å². The molecule has 1 N–H and O–H groups in total. The van der Waals surface area contributed by atoms with Crippen LogP contribution in [0.1, 0.15) is 46.6 Å². The lowest BCUT2D eigenvalue weighted by Crippen LogP contribution is -2.39. The van der Waals surface area contributed by atoms with Gasteiger partial charge in [0.15, 0.2) is 0 Å². The van der Waals surface area contributed by atoms with Crippen LogP contribution in [0.3, 0.4) is 0 Å². The molecule has 0 aliphatic rings. The standard InChI is InChI=1S/C11H22N4/c1-5-6-10(7-13-11(2,3)4)15-9-12-8-14-15/h8-10,13H,5-7H2,1-4H3. The zero-order valence-corrected chi connectivity index (χ0v) is 10.2. The van der Waals surface area contributed by atoms with E-state index in [4.69, 9.17) is 0 Å². The van der Waals surface area contributed by atoms with Crippen LogP contribution < -0.4 is 5.32 Å². The third-order valence-corrected chi connectivity index (χ3v) is 2.30. The van der Waals surface area contributed by atoms with Gasteiger partial charge in [-0.25, -0.2) is 9.67 Å². The molecule has 0 saturated heterocycles. The van der Waals surface area contributed by atoms with Crippen molar-refractivity contribution >= 4 is 0 Å². The summed E-state index contributed by atoms with van der Waals surface area (Å²) >= 11 is 0. The second kappa shape index (κ2) is 5.26. The predicted octanol–water partition coefficient (Wildman–Crippen LogP) is 2.01. The molecule has 0 bridgehead atoms. The maximum atomic E-state index is 4.20. The maximum absolute atomic E-state index is 4.20. The highest BCUT2D eigenvalue weighted by Crippen LogP contribution is 2.12. The lowest BCUT2D eigenvalue weighted by molar-refractivity contribution is 0.336. The molecule has 0 spiro atoms. The molecule has 1 atom stereocenters. The Balaban J connectivity index is 2.52. The molecule has 0 fully saturated rings. The SMILES string of the molecule is CCCC(CNC(C)(C)C)n1cncn1. The van der Waals surface area contributed by atoms with Crippen molar-refractivity contribution in [1.29, 1.82) is 0 Å². The third-order valence-electron chi connectivity index (χ3n) is 2.30. The normalized spacial score (nSPS) is 14.1. The van der Waals surface area contributed by atoms with E-state index in [0.717, 1.165) is 19.4 Å². The number of aromatic nitrogens is 3. The molecule has 1 rings (SSSR count). The maximum Gasteiger partial charge on any atom is 0.137 e. The summed E-state index contributed by atoms with van der Waals surface area (Å²) in [6.45, 7) is 9.67. The summed E-state index contributed by atoms with van der Waals surface area (Å²) in [4.78, 5) is 3.99. The predicted molar refractivity (Wildman–Crippen MR) is 61.7 cm³/mol. The Labute approximate surface area is 92.1 Å². The van der Waals surface area contributed by atoms with E-state index in [0.29, 0.717) is 6.04 Å². The van der Waals surface area contributed by atoms with Crippen molar-refractivity contribution in [2.24, 2.45) is 0 Å². The zero-order chi connectivity index (χ0) is 11.3. The molecule has 1 aromatic rings. The molecule has 0 aliphatic heterocycles. The average Bonchev–Trinajstić information content (AvgIpc) is 2.63. The first kappa shape index (κ1) is 12.2. The Morgan fingerprint density at radius 1 is 1.40 bits per heavy atom. The van der Waals surface area contributed by atoms with E-state index >= 15 is 0 Å². The highest BCUT2D eigenvalue weighted by molar-refractivity contribution is 4.76. The average molecular weight is 210 g/mol. The van der Waals surface area contributed by atoms with Crippen molar-refractivity contribution < 1.29 is 0 Å². The van der Waals surface area contributed by atoms with E-state index in [1.165, 1.54) is 0 Å². The summed E-state index contributed by atoms with van der Waals surface area (Å²) in [5.74, 6) is 0. The van der Waals surface area contributed by atoms with Gasteiger partial charge < -0.3 is 5.32 Å². The number of hydrogen-bond donors (Lipinski definition) is 1. The molecule has 0 amide bonds. The Kier molecular flexibility index (Phi) is 4.27. The molecule has 1 aromatic heterocycles. The third kappa shape index (κ3) is 4.42. The molecule has 1 heterocycles. The summed E-state index contributed by atoms with van der Waals surface area (Å²) in [6, 6.07) is 0.414. The van der Waals surface area contributed by atoms with Crippen LogP contribution in [0.25, 0.3) is 0 Å². The van der Waals surface area contributed by atoms with Crippen molar-refractivity contribution in [2.45, 2.75) is 52.1 Å². The number of rotatable bonds is 5. The van der Waals surface area contributed by atoms with Gasteiger partial charge in [-0.3, -0.25) is 0 Å². The van der Waals surface area contributed by atoms with Crippen molar-refractivity contribution in [3.05, 3.63) is 12.7 Å². The molecule has 0 aliphatic carbocycles. The highest BCUT2D eigenvalue weighted by atomic mass is 15.3. The lowest BCUT2D eigenvalue weighted by Gasteiger charge is -2.25. The number of nitrogens with zero attached hydrogens (tertiary/aromatic N) is 3. The van der Waals surface area contributed by atoms with Crippen LogP contribution in [0, 0.1) is 0 Å². The van der Waals surface area contributed by atoms with Gasteiger partial charge >= 0.3 is 0 Å². The minimum Gasteiger partial charge on any atom is -0.310 e. The van der Waals surface area contributed by atoms with Crippen LogP contribution in [0.4, 0.5) is 0 Å².